The molecule has 0 bridgehead atoms. The fraction of sp³-hybridized carbons (Fsp3) is 0.208. The van der Waals surface area contributed by atoms with Crippen LogP contribution in [-0.2, 0) is 10.2 Å². The monoisotopic (exact) mass is 407 g/mol. The highest BCUT2D eigenvalue weighted by Crippen LogP contribution is 2.49. The second kappa shape index (κ2) is 7.63. The summed E-state index contributed by atoms with van der Waals surface area (Å²) in [5.41, 5.74) is 8.68. The van der Waals surface area contributed by atoms with Gasteiger partial charge in [-0.15, -0.1) is 0 Å². The summed E-state index contributed by atoms with van der Waals surface area (Å²) in [6, 6.07) is 18.3. The second-order valence-corrected chi connectivity index (χ2v) is 7.57. The third-order valence-electron chi connectivity index (χ3n) is 5.59. The molecule has 4 rings (SSSR count). The van der Waals surface area contributed by atoms with Gasteiger partial charge >= 0.3 is 0 Å². The summed E-state index contributed by atoms with van der Waals surface area (Å²) in [7, 11) is 1.62. The molecule has 2 aromatic carbocycles. The number of aromatic nitrogens is 1. The third kappa shape index (κ3) is 3.64. The molecule has 0 aliphatic heterocycles. The van der Waals surface area contributed by atoms with Gasteiger partial charge in [-0.2, -0.15) is 0 Å². The zero-order valence-corrected chi connectivity index (χ0v) is 16.9. The number of nitrogens with zero attached hydrogens (tertiary/aromatic N) is 1. The number of aryl methyl sites for hydroxylation is 1. The maximum Gasteiger partial charge on any atom is 0.248 e. The molecule has 1 aromatic heterocycles. The number of amides is 2. The predicted octanol–water partition coefficient (Wildman–Crippen LogP) is 4.57. The van der Waals surface area contributed by atoms with Crippen molar-refractivity contribution in [3.8, 4) is 17.0 Å². The summed E-state index contributed by atoms with van der Waals surface area (Å²) in [6.45, 7) is 1.94. The largest absolute Gasteiger partial charge is 0.497 e. The average molecular weight is 408 g/mol. The van der Waals surface area contributed by atoms with Gasteiger partial charge in [0.25, 0.3) is 0 Å². The molecule has 158 valence electrons. The molecule has 3 N–H and O–H groups in total. The molecular weight excluding hydrogens is 378 g/mol. The molecule has 0 atom stereocenters. The lowest BCUT2D eigenvalue weighted by Gasteiger charge is -2.17. The first-order valence-electron chi connectivity index (χ1n) is 9.77. The number of carbonyl (C=O) groups excluding carboxylic acids is 2. The number of hydrogen-bond donors (Lipinski definition) is 2. The Bertz CT molecular complexity index is 1130. The molecule has 6 nitrogen and oxygen atoms in total. The van der Waals surface area contributed by atoms with Crippen LogP contribution in [0, 0.1) is 6.92 Å². The van der Waals surface area contributed by atoms with Gasteiger partial charge in [0.1, 0.15) is 11.6 Å². The molecule has 0 saturated heterocycles. The van der Waals surface area contributed by atoms with Gasteiger partial charge in [-0.25, -0.2) is 4.98 Å². The van der Waals surface area contributed by atoms with Crippen LogP contribution in [-0.4, -0.2) is 23.9 Å². The van der Waals surface area contributed by atoms with Crippen molar-refractivity contribution in [1.82, 2.24) is 4.98 Å². The lowest BCUT2D eigenvalue weighted by molar-refractivity contribution is -0.118. The van der Waals surface area contributed by atoms with E-state index in [1.807, 2.05) is 43.3 Å². The van der Waals surface area contributed by atoms with Crippen molar-refractivity contribution in [2.75, 3.05) is 12.4 Å². The van der Waals surface area contributed by atoms with Crippen molar-refractivity contribution in [1.29, 1.82) is 0 Å². The maximum atomic E-state index is 13.1. The van der Waals surface area contributed by atoms with Crippen LogP contribution >= 0.6 is 0 Å². The third-order valence-corrected chi connectivity index (χ3v) is 5.59. The van der Waals surface area contributed by atoms with Gasteiger partial charge in [0.2, 0.25) is 11.8 Å². The van der Waals surface area contributed by atoms with Crippen LogP contribution in [0.3, 0.4) is 0 Å². The number of ether oxygens (including phenoxy) is 1. The topological polar surface area (TPSA) is 94.3 Å². The van der Waals surface area contributed by atoms with Gasteiger partial charge in [-0.3, -0.25) is 9.59 Å². The number of benzene rings is 2. The fourth-order valence-electron chi connectivity index (χ4n) is 3.63. The van der Waals surface area contributed by atoms with Crippen LogP contribution in [0.15, 0.2) is 60.7 Å². The van der Waals surface area contributed by atoms with Crippen molar-refractivity contribution >= 4 is 17.6 Å². The molecule has 1 saturated carbocycles. The summed E-state index contributed by atoms with van der Waals surface area (Å²) in [5, 5.41) is 2.97. The lowest BCUT2D eigenvalue weighted by Crippen LogP contribution is -2.28. The molecule has 1 fully saturated rings. The number of pyridine rings is 1. The number of nitrogens with two attached hydrogens (primary N) is 1. The normalized spacial score (nSPS) is 14.1. The van der Waals surface area contributed by atoms with Gasteiger partial charge in [0.05, 0.1) is 18.2 Å². The molecule has 1 heterocycles. The van der Waals surface area contributed by atoms with E-state index in [2.05, 4.69) is 10.3 Å². The minimum atomic E-state index is -0.523. The van der Waals surface area contributed by atoms with E-state index in [-0.39, 0.29) is 10.2 Å². The molecule has 0 spiro atoms. The first kappa shape index (κ1) is 19.6. The van der Waals surface area contributed by atoms with Crippen LogP contribution < -0.4 is 15.8 Å². The molecule has 30 heavy (non-hydrogen) atoms. The van der Waals surface area contributed by atoms with Crippen LogP contribution in [0.25, 0.3) is 11.3 Å². The fourth-order valence-corrected chi connectivity index (χ4v) is 3.63. The summed E-state index contributed by atoms with van der Waals surface area (Å²) in [6.07, 6.45) is 1.59. The lowest BCUT2D eigenvalue weighted by atomic mass is 9.95. The van der Waals surface area contributed by atoms with Crippen LogP contribution in [0.1, 0.15) is 38.6 Å². The van der Waals surface area contributed by atoms with Crippen molar-refractivity contribution in [3.63, 3.8) is 0 Å². The van der Waals surface area contributed by atoms with E-state index in [1.165, 1.54) is 0 Å². The Hall–Kier alpha value is -3.67. The number of hydrogen-bond acceptors (Lipinski definition) is 4. The Morgan fingerprint density at radius 3 is 2.47 bits per heavy atom. The summed E-state index contributed by atoms with van der Waals surface area (Å²) < 4.78 is 5.21. The minimum Gasteiger partial charge on any atom is -0.497 e. The van der Waals surface area contributed by atoms with Gasteiger partial charge in [0, 0.05) is 15.4 Å². The Morgan fingerprint density at radius 1 is 1.10 bits per heavy atom. The number of anilines is 1. The van der Waals surface area contributed by atoms with E-state index in [0.717, 1.165) is 35.3 Å². The molecule has 2 amide bonds. The number of rotatable bonds is 6. The summed E-state index contributed by atoms with van der Waals surface area (Å²) in [5.74, 6) is 0.679. The Labute approximate surface area is 179 Å². The molecule has 6 heteroatoms. The molecule has 1 aliphatic rings. The van der Waals surface area contributed by atoms with Crippen molar-refractivity contribution in [2.24, 2.45) is 5.73 Å². The standard InChI is InChI=1S/C24H23N3O3.3H2/c1-15-6-11-20(26-21(15)16-4-3-5-17(14-16)22(25)28)27-23(29)24(12-13-24)18-7-9-19(30-2)10-8-18;;;/h3-11,14H,12-13H2,1-2H3,(H2,25,28)(H,26,27,29);3*1H. The van der Waals surface area contributed by atoms with Gasteiger partial charge in [-0.05, 0) is 61.2 Å². The van der Waals surface area contributed by atoms with E-state index in [9.17, 15) is 9.59 Å². The SMILES string of the molecule is COc1ccc(C2(C(=O)Nc3ccc(C)c(-c4cccc(C(N)=O)c4)n3)CC2)cc1.[HH].[HH].[HH]. The number of carbonyl (C=O) groups is 2. The quantitative estimate of drug-likeness (QED) is 0.626. The Morgan fingerprint density at radius 2 is 1.83 bits per heavy atom. The highest BCUT2D eigenvalue weighted by atomic mass is 16.5. The number of methoxy groups -OCH3 is 1. The highest BCUT2D eigenvalue weighted by molar-refractivity contribution is 6.01. The maximum absolute atomic E-state index is 13.1. The Balaban J connectivity index is 0.00000181. The second-order valence-electron chi connectivity index (χ2n) is 7.57. The van der Waals surface area contributed by atoms with Crippen LogP contribution in [0.2, 0.25) is 0 Å². The number of nitrogens with one attached hydrogen (secondary N) is 1. The van der Waals surface area contributed by atoms with Gasteiger partial charge in [-0.1, -0.05) is 30.3 Å². The van der Waals surface area contributed by atoms with Crippen molar-refractivity contribution in [3.05, 3.63) is 77.4 Å². The van der Waals surface area contributed by atoms with E-state index >= 15 is 0 Å². The van der Waals surface area contributed by atoms with Crippen molar-refractivity contribution < 1.29 is 18.6 Å². The van der Waals surface area contributed by atoms with Crippen LogP contribution in [0.4, 0.5) is 5.82 Å². The van der Waals surface area contributed by atoms with E-state index < -0.39 is 11.3 Å². The highest BCUT2D eigenvalue weighted by Gasteiger charge is 2.51. The summed E-state index contributed by atoms with van der Waals surface area (Å²) >= 11 is 0. The zero-order chi connectivity index (χ0) is 21.3. The van der Waals surface area contributed by atoms with E-state index in [1.54, 1.807) is 31.4 Å². The van der Waals surface area contributed by atoms with E-state index in [0.29, 0.717) is 17.1 Å². The molecule has 3 aromatic rings. The molecule has 0 radical (unpaired) electrons. The number of primary amides is 1. The predicted molar refractivity (Wildman–Crippen MR) is 122 cm³/mol. The average Bonchev–Trinajstić information content (AvgIpc) is 3.57. The first-order chi connectivity index (χ1) is 14.4. The molecule has 0 unspecified atom stereocenters. The zero-order valence-electron chi connectivity index (χ0n) is 16.9. The van der Waals surface area contributed by atoms with Gasteiger partial charge in [0.15, 0.2) is 0 Å². The first-order valence-corrected chi connectivity index (χ1v) is 9.77. The summed E-state index contributed by atoms with van der Waals surface area (Å²) in [4.78, 5) is 29.2. The Kier molecular flexibility index (Phi) is 4.99. The van der Waals surface area contributed by atoms with Crippen molar-refractivity contribution in [2.45, 2.75) is 25.2 Å². The molecular formula is C24H29N3O3. The van der Waals surface area contributed by atoms with Crippen LogP contribution in [0.5, 0.6) is 5.75 Å². The van der Waals surface area contributed by atoms with E-state index in [4.69, 9.17) is 10.5 Å². The van der Waals surface area contributed by atoms with Gasteiger partial charge < -0.3 is 15.8 Å². The smallest absolute Gasteiger partial charge is 0.248 e. The molecule has 1 aliphatic carbocycles. The minimum absolute atomic E-state index is 0.